The topological polar surface area (TPSA) is 127 Å². The van der Waals surface area contributed by atoms with Crippen LogP contribution in [0.2, 0.25) is 0 Å². The summed E-state index contributed by atoms with van der Waals surface area (Å²) in [5, 5.41) is 16.8. The zero-order valence-electron chi connectivity index (χ0n) is 16.4. The van der Waals surface area contributed by atoms with E-state index in [2.05, 4.69) is 0 Å². The average molecular weight is 466 g/mol. The predicted molar refractivity (Wildman–Crippen MR) is 100 cm³/mol. The second-order valence-corrected chi connectivity index (χ2v) is 6.84. The molecule has 2 atom stereocenters. The van der Waals surface area contributed by atoms with E-state index in [1.54, 1.807) is 0 Å². The van der Waals surface area contributed by atoms with Gasteiger partial charge in [0.05, 0.1) is 12.8 Å². The second kappa shape index (κ2) is 12.1. The van der Waals surface area contributed by atoms with Crippen LogP contribution in [-0.4, -0.2) is 34.2 Å². The van der Waals surface area contributed by atoms with Gasteiger partial charge in [0.25, 0.3) is 0 Å². The Bertz CT molecular complexity index is 896. The molecule has 2 aromatic rings. The molecule has 0 unspecified atom stereocenters. The van der Waals surface area contributed by atoms with Gasteiger partial charge in [-0.15, -0.1) is 0 Å². The van der Waals surface area contributed by atoms with E-state index in [1.807, 2.05) is 0 Å². The number of nitrogens with two attached hydrogens (primary N) is 2. The fourth-order valence-electron chi connectivity index (χ4n) is 2.60. The Morgan fingerprint density at radius 1 is 0.625 bits per heavy atom. The van der Waals surface area contributed by atoms with Crippen LogP contribution in [0.4, 0.5) is 26.3 Å². The highest BCUT2D eigenvalue weighted by molar-refractivity contribution is 5.67. The van der Waals surface area contributed by atoms with Crippen molar-refractivity contribution in [1.29, 1.82) is 0 Å². The minimum absolute atomic E-state index is 0.132. The summed E-state index contributed by atoms with van der Waals surface area (Å²) in [7, 11) is 0. The fourth-order valence-corrected chi connectivity index (χ4v) is 2.60. The van der Waals surface area contributed by atoms with Crippen LogP contribution in [0.15, 0.2) is 24.3 Å². The van der Waals surface area contributed by atoms with E-state index in [0.717, 1.165) is 0 Å². The molecule has 176 valence electrons. The van der Waals surface area contributed by atoms with Gasteiger partial charge in [-0.05, 0) is 36.1 Å². The highest BCUT2D eigenvalue weighted by Gasteiger charge is 2.16. The number of carbonyl (C=O) groups is 2. The molecule has 0 aliphatic rings. The van der Waals surface area contributed by atoms with E-state index in [4.69, 9.17) is 21.7 Å². The Hall–Kier alpha value is -3.12. The van der Waals surface area contributed by atoms with Crippen molar-refractivity contribution in [2.24, 2.45) is 11.5 Å². The van der Waals surface area contributed by atoms with Crippen molar-refractivity contribution in [2.75, 3.05) is 0 Å². The van der Waals surface area contributed by atoms with Gasteiger partial charge in [-0.1, -0.05) is 0 Å². The van der Waals surface area contributed by atoms with Crippen molar-refractivity contribution in [1.82, 2.24) is 0 Å². The number of hydrogen-bond acceptors (Lipinski definition) is 4. The minimum atomic E-state index is -1.28. The molecule has 0 heterocycles. The van der Waals surface area contributed by atoms with E-state index in [1.165, 1.54) is 0 Å². The molecule has 0 aliphatic carbocycles. The van der Waals surface area contributed by atoms with Crippen molar-refractivity contribution < 1.29 is 46.1 Å². The van der Waals surface area contributed by atoms with Crippen LogP contribution < -0.4 is 11.5 Å². The normalized spacial score (nSPS) is 12.5. The fraction of sp³-hybridized carbons (Fsp3) is 0.300. The lowest BCUT2D eigenvalue weighted by Gasteiger charge is -2.09. The lowest BCUT2D eigenvalue weighted by atomic mass is 10.0. The molecule has 0 amide bonds. The van der Waals surface area contributed by atoms with Crippen molar-refractivity contribution in [2.45, 2.75) is 37.8 Å². The Morgan fingerprint density at radius 2 is 0.906 bits per heavy atom. The molecule has 2 aromatic carbocycles. The molecule has 0 fully saturated rings. The van der Waals surface area contributed by atoms with Crippen molar-refractivity contribution in [3.63, 3.8) is 0 Å². The number of hydrogen-bond donors (Lipinski definition) is 4. The van der Waals surface area contributed by atoms with Crippen LogP contribution in [0.25, 0.3) is 0 Å². The number of carboxylic acid groups (broad SMARTS) is 2. The van der Waals surface area contributed by atoms with Crippen LogP contribution in [0.5, 0.6) is 0 Å². The third-order valence-corrected chi connectivity index (χ3v) is 4.02. The molecule has 0 aliphatic heterocycles. The molecule has 32 heavy (non-hydrogen) atoms. The van der Waals surface area contributed by atoms with Crippen LogP contribution >= 0.6 is 0 Å². The lowest BCUT2D eigenvalue weighted by Crippen LogP contribution is -2.26. The molecule has 0 saturated carbocycles. The van der Waals surface area contributed by atoms with Gasteiger partial charge in [-0.2, -0.15) is 0 Å². The van der Waals surface area contributed by atoms with Crippen molar-refractivity contribution >= 4 is 11.9 Å². The Labute approximate surface area is 178 Å². The molecule has 6 nitrogen and oxygen atoms in total. The van der Waals surface area contributed by atoms with Gasteiger partial charge in [0.2, 0.25) is 0 Å². The maximum absolute atomic E-state index is 13.1. The van der Waals surface area contributed by atoms with Crippen LogP contribution in [0, 0.1) is 34.9 Å². The molecule has 2 rings (SSSR count). The second-order valence-electron chi connectivity index (χ2n) is 6.84. The SMILES string of the molecule is N[C@@H](CC(=O)O)Cc1cc(F)c(F)cc1F.N[C@@H](CC(=O)O)Cc1cc(F)c(F)cc1F. The van der Waals surface area contributed by atoms with Crippen molar-refractivity contribution in [3.05, 3.63) is 70.3 Å². The summed E-state index contributed by atoms with van der Waals surface area (Å²) < 4.78 is 76.9. The molecule has 0 bridgehead atoms. The first kappa shape index (κ1) is 26.9. The number of rotatable bonds is 8. The van der Waals surface area contributed by atoms with E-state index in [0.29, 0.717) is 24.3 Å². The molecule has 0 aromatic heterocycles. The Morgan fingerprint density at radius 3 is 1.19 bits per heavy atom. The summed E-state index contributed by atoms with van der Waals surface area (Å²) in [4.78, 5) is 20.6. The van der Waals surface area contributed by atoms with Crippen molar-refractivity contribution in [3.8, 4) is 0 Å². The van der Waals surface area contributed by atoms with E-state index >= 15 is 0 Å². The summed E-state index contributed by atoms with van der Waals surface area (Å²) in [5.41, 5.74) is 10.5. The molecule has 0 radical (unpaired) electrons. The molecular formula is C20H20F6N2O4. The molecule has 0 spiro atoms. The lowest BCUT2D eigenvalue weighted by molar-refractivity contribution is -0.138. The zero-order valence-corrected chi connectivity index (χ0v) is 16.4. The average Bonchev–Trinajstić information content (AvgIpc) is 2.63. The number of aliphatic carboxylic acids is 2. The molecular weight excluding hydrogens is 446 g/mol. The van der Waals surface area contributed by atoms with Gasteiger partial charge in [0.1, 0.15) is 11.6 Å². The van der Waals surface area contributed by atoms with Crippen LogP contribution in [-0.2, 0) is 22.4 Å². The Kier molecular flexibility index (Phi) is 10.1. The highest BCUT2D eigenvalue weighted by atomic mass is 19.2. The summed E-state index contributed by atoms with van der Waals surface area (Å²) in [6, 6.07) is 0.531. The largest absolute Gasteiger partial charge is 0.481 e. The standard InChI is InChI=1S/2C10H10F3NO2/c2*11-7-4-9(13)8(12)2-5(7)1-6(14)3-10(15)16/h2*2,4,6H,1,3,14H2,(H,15,16)/t2*6-/m11/s1. The first-order chi connectivity index (χ1) is 14.8. The summed E-state index contributed by atoms with van der Waals surface area (Å²) in [5.74, 6) is -9.05. The van der Waals surface area contributed by atoms with Gasteiger partial charge in [-0.25, -0.2) is 26.3 Å². The van der Waals surface area contributed by atoms with Gasteiger partial charge in [0.15, 0.2) is 23.3 Å². The minimum Gasteiger partial charge on any atom is -0.481 e. The molecule has 0 saturated heterocycles. The zero-order chi connectivity index (χ0) is 24.6. The molecule has 12 heteroatoms. The first-order valence-corrected chi connectivity index (χ1v) is 9.01. The van der Waals surface area contributed by atoms with Gasteiger partial charge in [0, 0.05) is 24.2 Å². The quantitative estimate of drug-likeness (QED) is 0.350. The monoisotopic (exact) mass is 466 g/mol. The number of benzene rings is 2. The first-order valence-electron chi connectivity index (χ1n) is 9.01. The van der Waals surface area contributed by atoms with E-state index in [-0.39, 0.29) is 36.8 Å². The summed E-state index contributed by atoms with van der Waals surface area (Å²) in [6.45, 7) is 0. The summed E-state index contributed by atoms with van der Waals surface area (Å²) >= 11 is 0. The third kappa shape index (κ3) is 8.94. The summed E-state index contributed by atoms with van der Waals surface area (Å²) in [6.07, 6.45) is -1.04. The highest BCUT2D eigenvalue weighted by Crippen LogP contribution is 2.16. The Balaban J connectivity index is 0.000000320. The van der Waals surface area contributed by atoms with Gasteiger partial charge < -0.3 is 21.7 Å². The smallest absolute Gasteiger partial charge is 0.304 e. The third-order valence-electron chi connectivity index (χ3n) is 4.02. The van der Waals surface area contributed by atoms with Gasteiger partial charge >= 0.3 is 11.9 Å². The maximum Gasteiger partial charge on any atom is 0.304 e. The van der Waals surface area contributed by atoms with Crippen LogP contribution in [0.1, 0.15) is 24.0 Å². The maximum atomic E-state index is 13.1. The number of halogens is 6. The number of carboxylic acids is 2. The van der Waals surface area contributed by atoms with E-state index < -0.39 is 58.9 Å². The van der Waals surface area contributed by atoms with Gasteiger partial charge in [-0.3, -0.25) is 9.59 Å². The van der Waals surface area contributed by atoms with Crippen LogP contribution in [0.3, 0.4) is 0 Å². The predicted octanol–water partition coefficient (Wildman–Crippen LogP) is 2.90. The van der Waals surface area contributed by atoms with E-state index in [9.17, 15) is 35.9 Å². The molecule has 6 N–H and O–H groups in total.